The van der Waals surface area contributed by atoms with Crippen LogP contribution in [0.1, 0.15) is 28.5 Å². The average Bonchev–Trinajstić information content (AvgIpc) is 2.53. The first kappa shape index (κ1) is 18.3. The van der Waals surface area contributed by atoms with Gasteiger partial charge < -0.3 is 19.5 Å². The lowest BCUT2D eigenvalue weighted by Crippen LogP contribution is -2.36. The number of aryl methyl sites for hydroxylation is 1. The van der Waals surface area contributed by atoms with E-state index < -0.39 is 13.1 Å². The van der Waals surface area contributed by atoms with Crippen LogP contribution in [0.15, 0.2) is 30.3 Å². The number of rotatable bonds is 6. The van der Waals surface area contributed by atoms with E-state index in [9.17, 15) is 14.8 Å². The van der Waals surface area contributed by atoms with E-state index >= 15 is 0 Å². The maximum Gasteiger partial charge on any atom is 0.494 e. The number of hydrogen-bond donors (Lipinski definition) is 2. The molecular formula is C16H17BClNO5. The zero-order valence-electron chi connectivity index (χ0n) is 13.3. The van der Waals surface area contributed by atoms with Gasteiger partial charge in [0.1, 0.15) is 23.1 Å². The second-order valence-corrected chi connectivity index (χ2v) is 5.33. The predicted octanol–water partition coefficient (Wildman–Crippen LogP) is 1.48. The molecule has 2 aromatic rings. The van der Waals surface area contributed by atoms with Crippen molar-refractivity contribution in [2.45, 2.75) is 20.5 Å². The van der Waals surface area contributed by atoms with Crippen LogP contribution < -0.4 is 10.2 Å². The Labute approximate surface area is 145 Å². The topological polar surface area (TPSA) is 88.9 Å². The Balaban J connectivity index is 2.49. The fourth-order valence-electron chi connectivity index (χ4n) is 2.22. The highest BCUT2D eigenvalue weighted by molar-refractivity contribution is 6.60. The summed E-state index contributed by atoms with van der Waals surface area (Å²) in [4.78, 5) is 16.2. The number of benzene rings is 1. The Morgan fingerprint density at radius 3 is 2.54 bits per heavy atom. The van der Waals surface area contributed by atoms with Gasteiger partial charge in [-0.2, -0.15) is 0 Å². The Kier molecular flexibility index (Phi) is 6.19. The Bertz CT molecular complexity index is 724. The highest BCUT2D eigenvalue weighted by atomic mass is 35.5. The minimum atomic E-state index is -1.87. The third kappa shape index (κ3) is 4.06. The molecule has 1 heterocycles. The quantitative estimate of drug-likeness (QED) is 0.466. The van der Waals surface area contributed by atoms with Gasteiger partial charge in [-0.05, 0) is 19.4 Å². The van der Waals surface area contributed by atoms with Crippen molar-refractivity contribution in [2.24, 2.45) is 0 Å². The number of ether oxygens (including phenoxy) is 2. The summed E-state index contributed by atoms with van der Waals surface area (Å²) >= 11 is 6.07. The number of esters is 1. The van der Waals surface area contributed by atoms with Gasteiger partial charge in [0.15, 0.2) is 0 Å². The van der Waals surface area contributed by atoms with E-state index in [1.807, 2.05) is 30.3 Å². The van der Waals surface area contributed by atoms with Crippen molar-refractivity contribution in [3.8, 4) is 5.75 Å². The number of aromatic nitrogens is 1. The zero-order chi connectivity index (χ0) is 17.7. The van der Waals surface area contributed by atoms with Crippen LogP contribution in [0.5, 0.6) is 5.75 Å². The van der Waals surface area contributed by atoms with Crippen molar-refractivity contribution in [3.05, 3.63) is 52.3 Å². The number of carbonyl (C=O) groups excluding carboxylic acids is 1. The normalized spacial score (nSPS) is 10.4. The third-order valence-corrected chi connectivity index (χ3v) is 3.57. The lowest BCUT2D eigenvalue weighted by atomic mass is 9.77. The SMILES string of the molecule is CCOC(=O)c1c(Cl)nc(C)c(B(O)O)c1OCc1ccccc1. The molecule has 1 aromatic heterocycles. The molecule has 24 heavy (non-hydrogen) atoms. The first-order chi connectivity index (χ1) is 11.5. The van der Waals surface area contributed by atoms with Crippen LogP contribution >= 0.6 is 11.6 Å². The molecule has 1 aromatic carbocycles. The number of hydrogen-bond acceptors (Lipinski definition) is 6. The summed E-state index contributed by atoms with van der Waals surface area (Å²) in [5, 5.41) is 19.2. The molecule has 2 N–H and O–H groups in total. The lowest BCUT2D eigenvalue weighted by molar-refractivity contribution is 0.0521. The molecule has 0 amide bonds. The summed E-state index contributed by atoms with van der Waals surface area (Å²) in [5.74, 6) is -0.773. The first-order valence-corrected chi connectivity index (χ1v) is 7.73. The van der Waals surface area contributed by atoms with E-state index in [4.69, 9.17) is 21.1 Å². The highest BCUT2D eigenvalue weighted by Crippen LogP contribution is 2.26. The van der Waals surface area contributed by atoms with Crippen LogP contribution in [0.3, 0.4) is 0 Å². The third-order valence-electron chi connectivity index (χ3n) is 3.30. The van der Waals surface area contributed by atoms with Gasteiger partial charge >= 0.3 is 13.1 Å². The smallest absolute Gasteiger partial charge is 0.488 e. The maximum atomic E-state index is 12.2. The van der Waals surface area contributed by atoms with Gasteiger partial charge in [-0.1, -0.05) is 41.9 Å². The summed E-state index contributed by atoms with van der Waals surface area (Å²) in [5.41, 5.74) is 0.962. The molecule has 2 rings (SSSR count). The maximum absolute atomic E-state index is 12.2. The summed E-state index contributed by atoms with van der Waals surface area (Å²) in [7, 11) is -1.87. The lowest BCUT2D eigenvalue weighted by Gasteiger charge is -2.17. The minimum absolute atomic E-state index is 0.0154. The molecule has 6 nitrogen and oxygen atoms in total. The Morgan fingerprint density at radius 1 is 1.29 bits per heavy atom. The van der Waals surface area contributed by atoms with Gasteiger partial charge in [0, 0.05) is 11.2 Å². The standard InChI is InChI=1S/C16H17BClNO5/c1-3-23-16(20)12-14(24-9-11-7-5-4-6-8-11)13(17(21)22)10(2)19-15(12)18/h4-8,21-22H,3,9H2,1-2H3. The molecule has 0 spiro atoms. The molecular weight excluding hydrogens is 332 g/mol. The zero-order valence-corrected chi connectivity index (χ0v) is 14.1. The minimum Gasteiger partial charge on any atom is -0.488 e. The molecule has 0 fully saturated rings. The number of halogens is 1. The number of pyridine rings is 1. The molecule has 0 atom stereocenters. The van der Waals surface area contributed by atoms with E-state index in [1.54, 1.807) is 13.8 Å². The van der Waals surface area contributed by atoms with Gasteiger partial charge in [0.05, 0.1) is 6.61 Å². The van der Waals surface area contributed by atoms with Gasteiger partial charge in [-0.25, -0.2) is 9.78 Å². The fourth-order valence-corrected chi connectivity index (χ4v) is 2.51. The number of nitrogens with zero attached hydrogens (tertiary/aromatic N) is 1. The largest absolute Gasteiger partial charge is 0.494 e. The summed E-state index contributed by atoms with van der Waals surface area (Å²) in [6, 6.07) is 9.24. The molecule has 0 unspecified atom stereocenters. The Morgan fingerprint density at radius 2 is 1.96 bits per heavy atom. The summed E-state index contributed by atoms with van der Waals surface area (Å²) < 4.78 is 10.7. The molecule has 0 aliphatic carbocycles. The molecule has 0 aliphatic heterocycles. The van der Waals surface area contributed by atoms with Crippen molar-refractivity contribution in [1.82, 2.24) is 4.98 Å². The molecule has 126 valence electrons. The summed E-state index contributed by atoms with van der Waals surface area (Å²) in [6.45, 7) is 3.45. The number of carbonyl (C=O) groups is 1. The predicted molar refractivity (Wildman–Crippen MR) is 90.5 cm³/mol. The highest BCUT2D eigenvalue weighted by Gasteiger charge is 2.30. The van der Waals surface area contributed by atoms with Gasteiger partial charge in [0.2, 0.25) is 0 Å². The molecule has 0 bridgehead atoms. The van der Waals surface area contributed by atoms with E-state index in [0.717, 1.165) is 5.56 Å². The second kappa shape index (κ2) is 8.14. The van der Waals surface area contributed by atoms with Gasteiger partial charge in [0.25, 0.3) is 0 Å². The summed E-state index contributed by atoms with van der Waals surface area (Å²) in [6.07, 6.45) is 0. The van der Waals surface area contributed by atoms with Crippen molar-refractivity contribution in [2.75, 3.05) is 6.61 Å². The molecule has 0 radical (unpaired) electrons. The van der Waals surface area contributed by atoms with Crippen LogP contribution in [0.2, 0.25) is 5.15 Å². The van der Waals surface area contributed by atoms with Crippen molar-refractivity contribution in [3.63, 3.8) is 0 Å². The molecule has 0 saturated carbocycles. The van der Waals surface area contributed by atoms with Crippen molar-refractivity contribution < 1.29 is 24.3 Å². The molecule has 0 aliphatic rings. The van der Waals surface area contributed by atoms with Crippen LogP contribution in [0.4, 0.5) is 0 Å². The van der Waals surface area contributed by atoms with Crippen molar-refractivity contribution >= 4 is 30.2 Å². The van der Waals surface area contributed by atoms with Gasteiger partial charge in [-0.3, -0.25) is 0 Å². The van der Waals surface area contributed by atoms with Gasteiger partial charge in [-0.15, -0.1) is 0 Å². The van der Waals surface area contributed by atoms with Crippen LogP contribution in [0, 0.1) is 6.92 Å². The van der Waals surface area contributed by atoms with E-state index in [-0.39, 0.29) is 40.8 Å². The molecule has 0 saturated heterocycles. The van der Waals surface area contributed by atoms with E-state index in [0.29, 0.717) is 0 Å². The van der Waals surface area contributed by atoms with E-state index in [2.05, 4.69) is 4.98 Å². The Hall–Kier alpha value is -2.09. The monoisotopic (exact) mass is 349 g/mol. The van der Waals surface area contributed by atoms with Crippen LogP contribution in [-0.4, -0.2) is 34.7 Å². The fraction of sp³-hybridized carbons (Fsp3) is 0.250. The van der Waals surface area contributed by atoms with E-state index in [1.165, 1.54) is 0 Å². The first-order valence-electron chi connectivity index (χ1n) is 7.35. The van der Waals surface area contributed by atoms with Crippen LogP contribution in [-0.2, 0) is 11.3 Å². The second-order valence-electron chi connectivity index (χ2n) is 4.97. The average molecular weight is 350 g/mol. The van der Waals surface area contributed by atoms with Crippen molar-refractivity contribution in [1.29, 1.82) is 0 Å². The van der Waals surface area contributed by atoms with Crippen LogP contribution in [0.25, 0.3) is 0 Å². The molecule has 8 heteroatoms.